The molecule has 2 heterocycles. The van der Waals surface area contributed by atoms with E-state index in [9.17, 15) is 0 Å². The monoisotopic (exact) mass is 353 g/mol. The number of allylic oxidation sites excluding steroid dienone is 1. The van der Waals surface area contributed by atoms with Crippen LogP contribution in [0, 0.1) is 0 Å². The number of aromatic nitrogens is 3. The normalized spacial score (nSPS) is 10.3. The van der Waals surface area contributed by atoms with Crippen molar-refractivity contribution in [1.29, 1.82) is 0 Å². The van der Waals surface area contributed by atoms with Gasteiger partial charge in [0.05, 0.1) is 14.7 Å². The lowest BCUT2D eigenvalue weighted by molar-refractivity contribution is 0.337. The van der Waals surface area contributed by atoms with Gasteiger partial charge in [0.15, 0.2) is 5.65 Å². The molecule has 0 atom stereocenters. The zero-order chi connectivity index (χ0) is 20.1. The Kier molecular flexibility index (Phi) is 9.25. The molecule has 0 unspecified atom stereocenters. The second-order valence-electron chi connectivity index (χ2n) is 4.80. The third-order valence-corrected chi connectivity index (χ3v) is 3.20. The maximum absolute atomic E-state index is 7.54. The Hall–Kier alpha value is -2.95. The van der Waals surface area contributed by atoms with Gasteiger partial charge in [-0.15, -0.1) is 0 Å². The van der Waals surface area contributed by atoms with Gasteiger partial charge in [-0.3, -0.25) is 4.98 Å². The van der Waals surface area contributed by atoms with Crippen molar-refractivity contribution in [3.63, 3.8) is 0 Å². The van der Waals surface area contributed by atoms with Gasteiger partial charge in [-0.2, -0.15) is 0 Å². The molecule has 26 heavy (non-hydrogen) atoms. The number of hydrogen-bond acceptors (Lipinski definition) is 5. The van der Waals surface area contributed by atoms with Gasteiger partial charge in [-0.25, -0.2) is 9.97 Å². The number of hydrogen-bond donors (Lipinski definition) is 0. The van der Waals surface area contributed by atoms with Crippen molar-refractivity contribution in [3.8, 4) is 0 Å². The van der Waals surface area contributed by atoms with E-state index in [1.807, 2.05) is 69.3 Å². The van der Waals surface area contributed by atoms with E-state index in [0.717, 1.165) is 18.1 Å². The first kappa shape index (κ1) is 19.4. The molecule has 3 aromatic rings. The molecule has 0 N–H and O–H groups in total. The third-order valence-electron chi connectivity index (χ3n) is 3.20. The lowest BCUT2D eigenvalue weighted by Gasteiger charge is -2.22. The standard InChI is InChI=1S/C15H14N4.C4H8O.C2H6/c1-2-19(12-6-4-3-5-7-12)14-9-8-13-15(18-14)17-11-10-16-13;1-3-4-5-2;1-2/h3-11H,2H2,1H3;3-4H,1-2H3;1-2H3/i11D;;. The summed E-state index contributed by atoms with van der Waals surface area (Å²) in [5, 5.41) is 0. The molecule has 0 aliphatic rings. The number of nitrogens with zero attached hydrogens (tertiary/aromatic N) is 4. The zero-order valence-electron chi connectivity index (χ0n) is 17.2. The molecule has 138 valence electrons. The SMILES string of the molecule is CC.CC=COC.[2H]c1cnc2ccc(N(CC)c3ccccc3)nc2n1. The van der Waals surface area contributed by atoms with E-state index in [4.69, 9.17) is 1.37 Å². The molecule has 2 aromatic heterocycles. The summed E-state index contributed by atoms with van der Waals surface area (Å²) < 4.78 is 12.0. The van der Waals surface area contributed by atoms with Gasteiger partial charge in [0.1, 0.15) is 11.3 Å². The van der Waals surface area contributed by atoms with Gasteiger partial charge < -0.3 is 9.64 Å². The van der Waals surface area contributed by atoms with Crippen molar-refractivity contribution in [2.75, 3.05) is 18.6 Å². The molecule has 0 bridgehead atoms. The number of rotatable bonds is 4. The molecule has 0 saturated carbocycles. The predicted octanol–water partition coefficient (Wildman–Crippen LogP) is 5.38. The number of anilines is 2. The number of pyridine rings is 1. The van der Waals surface area contributed by atoms with Crippen LogP contribution in [0.2, 0.25) is 0 Å². The maximum atomic E-state index is 7.54. The van der Waals surface area contributed by atoms with Crippen LogP contribution in [0.5, 0.6) is 0 Å². The Morgan fingerprint density at radius 2 is 1.85 bits per heavy atom. The Labute approximate surface area is 157 Å². The van der Waals surface area contributed by atoms with Crippen molar-refractivity contribution < 1.29 is 6.11 Å². The van der Waals surface area contributed by atoms with Crippen LogP contribution in [-0.4, -0.2) is 28.6 Å². The lowest BCUT2D eigenvalue weighted by atomic mass is 10.2. The van der Waals surface area contributed by atoms with Gasteiger partial charge in [0.25, 0.3) is 0 Å². The number of benzene rings is 1. The molecule has 0 fully saturated rings. The van der Waals surface area contributed by atoms with Crippen molar-refractivity contribution in [3.05, 3.63) is 67.2 Å². The largest absolute Gasteiger partial charge is 0.505 e. The van der Waals surface area contributed by atoms with Crippen LogP contribution in [0.4, 0.5) is 11.5 Å². The highest BCUT2D eigenvalue weighted by atomic mass is 16.5. The van der Waals surface area contributed by atoms with E-state index in [0.29, 0.717) is 11.2 Å². The quantitative estimate of drug-likeness (QED) is 0.590. The van der Waals surface area contributed by atoms with Crippen LogP contribution in [0.25, 0.3) is 11.2 Å². The van der Waals surface area contributed by atoms with E-state index < -0.39 is 0 Å². The predicted molar refractivity (Wildman–Crippen MR) is 110 cm³/mol. The number of ether oxygens (including phenoxy) is 1. The van der Waals surface area contributed by atoms with Crippen molar-refractivity contribution in [2.24, 2.45) is 0 Å². The number of para-hydroxylation sites is 1. The van der Waals surface area contributed by atoms with Crippen molar-refractivity contribution in [2.45, 2.75) is 27.7 Å². The fourth-order valence-electron chi connectivity index (χ4n) is 2.17. The first-order chi connectivity index (χ1) is 13.2. The molecule has 0 aliphatic carbocycles. The minimum absolute atomic E-state index is 0.130. The Morgan fingerprint density at radius 1 is 1.12 bits per heavy atom. The molecule has 3 rings (SSSR count). The van der Waals surface area contributed by atoms with Crippen LogP contribution in [0.1, 0.15) is 29.1 Å². The minimum atomic E-state index is 0.130. The molecule has 5 heteroatoms. The second-order valence-corrected chi connectivity index (χ2v) is 4.80. The van der Waals surface area contributed by atoms with Gasteiger partial charge in [-0.05, 0) is 38.1 Å². The van der Waals surface area contributed by atoms with E-state index in [-0.39, 0.29) is 6.17 Å². The second kappa shape index (κ2) is 12.4. The summed E-state index contributed by atoms with van der Waals surface area (Å²) in [6, 6.07) is 13.9. The van der Waals surface area contributed by atoms with Gasteiger partial charge in [-0.1, -0.05) is 38.1 Å². The summed E-state index contributed by atoms with van der Waals surface area (Å²) >= 11 is 0. The molecule has 1 aromatic carbocycles. The molecule has 0 amide bonds. The summed E-state index contributed by atoms with van der Waals surface area (Å²) in [4.78, 5) is 14.9. The molecule has 0 aliphatic heterocycles. The fourth-order valence-corrected chi connectivity index (χ4v) is 2.17. The highest BCUT2D eigenvalue weighted by molar-refractivity contribution is 5.73. The van der Waals surface area contributed by atoms with Crippen LogP contribution < -0.4 is 4.90 Å². The minimum Gasteiger partial charge on any atom is -0.505 e. The average Bonchev–Trinajstić information content (AvgIpc) is 2.72. The highest BCUT2D eigenvalue weighted by Crippen LogP contribution is 2.23. The maximum Gasteiger partial charge on any atom is 0.180 e. The fraction of sp³-hybridized carbons (Fsp3) is 0.286. The lowest BCUT2D eigenvalue weighted by Crippen LogP contribution is -2.17. The number of fused-ring (bicyclic) bond motifs is 1. The topological polar surface area (TPSA) is 51.1 Å². The van der Waals surface area contributed by atoms with Crippen LogP contribution in [0.3, 0.4) is 0 Å². The molecule has 0 saturated heterocycles. The van der Waals surface area contributed by atoms with E-state index >= 15 is 0 Å². The third kappa shape index (κ3) is 6.16. The van der Waals surface area contributed by atoms with Crippen molar-refractivity contribution in [1.82, 2.24) is 15.0 Å². The molecule has 0 spiro atoms. The summed E-state index contributed by atoms with van der Waals surface area (Å²) in [5.74, 6) is 0.811. The summed E-state index contributed by atoms with van der Waals surface area (Å²) in [7, 11) is 1.62. The van der Waals surface area contributed by atoms with Crippen molar-refractivity contribution >= 4 is 22.7 Å². The Bertz CT molecular complexity index is 825. The first-order valence-electron chi connectivity index (χ1n) is 9.26. The van der Waals surface area contributed by atoms with Crippen LogP contribution in [0.15, 0.2) is 67.2 Å². The first-order valence-corrected chi connectivity index (χ1v) is 8.76. The smallest absolute Gasteiger partial charge is 0.180 e. The highest BCUT2D eigenvalue weighted by Gasteiger charge is 2.09. The zero-order valence-corrected chi connectivity index (χ0v) is 16.2. The Morgan fingerprint density at radius 3 is 2.42 bits per heavy atom. The molecular formula is C21H28N4O. The summed E-state index contributed by atoms with van der Waals surface area (Å²) in [6.45, 7) is 8.78. The molecule has 5 nitrogen and oxygen atoms in total. The van der Waals surface area contributed by atoms with Crippen LogP contribution >= 0.6 is 0 Å². The average molecular weight is 353 g/mol. The van der Waals surface area contributed by atoms with E-state index in [1.165, 1.54) is 6.20 Å². The van der Waals surface area contributed by atoms with Crippen LogP contribution in [-0.2, 0) is 4.74 Å². The Balaban J connectivity index is 0.000000454. The summed E-state index contributed by atoms with van der Waals surface area (Å²) in [5.41, 5.74) is 2.29. The van der Waals surface area contributed by atoms with Gasteiger partial charge >= 0.3 is 0 Å². The van der Waals surface area contributed by atoms with Gasteiger partial charge in [0, 0.05) is 24.6 Å². The number of methoxy groups -OCH3 is 1. The summed E-state index contributed by atoms with van der Waals surface area (Å²) in [6.07, 6.45) is 5.02. The van der Waals surface area contributed by atoms with E-state index in [2.05, 4.69) is 31.5 Å². The van der Waals surface area contributed by atoms with Gasteiger partial charge in [0.2, 0.25) is 0 Å². The molecular weight excluding hydrogens is 324 g/mol. The molecule has 0 radical (unpaired) electrons. The van der Waals surface area contributed by atoms with E-state index in [1.54, 1.807) is 13.4 Å².